The Morgan fingerprint density at radius 2 is 2.16 bits per heavy atom. The smallest absolute Gasteiger partial charge is 0.256 e. The van der Waals surface area contributed by atoms with Crippen LogP contribution < -0.4 is 5.32 Å². The summed E-state index contributed by atoms with van der Waals surface area (Å²) in [4.78, 5) is 14.7. The Labute approximate surface area is 114 Å². The van der Waals surface area contributed by atoms with E-state index in [0.717, 1.165) is 16.8 Å². The first kappa shape index (κ1) is 13.9. The molecule has 1 aliphatic heterocycles. The molecule has 0 radical (unpaired) electrons. The first-order chi connectivity index (χ1) is 8.95. The zero-order valence-corrected chi connectivity index (χ0v) is 12.1. The summed E-state index contributed by atoms with van der Waals surface area (Å²) < 4.78 is 5.47. The van der Waals surface area contributed by atoms with Gasteiger partial charge in [0.05, 0.1) is 24.3 Å². The van der Waals surface area contributed by atoms with E-state index in [9.17, 15) is 4.79 Å². The van der Waals surface area contributed by atoms with E-state index < -0.39 is 0 Å². The fraction of sp³-hybridized carbons (Fsp3) is 0.533. The molecule has 1 fully saturated rings. The molecule has 0 bridgehead atoms. The second-order valence-corrected chi connectivity index (χ2v) is 5.62. The number of ether oxygens (including phenoxy) is 1. The molecule has 1 heterocycles. The van der Waals surface area contributed by atoms with Crippen molar-refractivity contribution >= 4 is 11.6 Å². The summed E-state index contributed by atoms with van der Waals surface area (Å²) >= 11 is 0. The van der Waals surface area contributed by atoms with Gasteiger partial charge in [0, 0.05) is 19.3 Å². The van der Waals surface area contributed by atoms with Gasteiger partial charge in [-0.1, -0.05) is 11.6 Å². The van der Waals surface area contributed by atoms with Crippen molar-refractivity contribution in [3.8, 4) is 0 Å². The van der Waals surface area contributed by atoms with Crippen LogP contribution in [0.15, 0.2) is 18.2 Å². The molecule has 4 heteroatoms. The Bertz CT molecular complexity index is 483. The Morgan fingerprint density at radius 3 is 2.79 bits per heavy atom. The molecule has 0 atom stereocenters. The molecule has 0 aromatic heterocycles. The number of anilines is 1. The molecule has 0 spiro atoms. The monoisotopic (exact) mass is 262 g/mol. The molecule has 4 nitrogen and oxygen atoms in total. The maximum atomic E-state index is 12.8. The third-order valence-electron chi connectivity index (χ3n) is 3.57. The van der Waals surface area contributed by atoms with Gasteiger partial charge in [-0.15, -0.1) is 0 Å². The van der Waals surface area contributed by atoms with E-state index in [1.165, 1.54) is 0 Å². The lowest BCUT2D eigenvalue weighted by atomic mass is 9.99. The average molecular weight is 262 g/mol. The van der Waals surface area contributed by atoms with Crippen LogP contribution >= 0.6 is 0 Å². The van der Waals surface area contributed by atoms with E-state index in [0.29, 0.717) is 19.8 Å². The van der Waals surface area contributed by atoms with Crippen molar-refractivity contribution in [2.75, 3.05) is 32.1 Å². The Kier molecular flexibility index (Phi) is 3.80. The maximum absolute atomic E-state index is 12.8. The summed E-state index contributed by atoms with van der Waals surface area (Å²) in [6.07, 6.45) is 0. The molecule has 1 aliphatic rings. The molecule has 1 aromatic rings. The number of amides is 1. The van der Waals surface area contributed by atoms with Crippen LogP contribution in [0.3, 0.4) is 0 Å². The number of carbonyl (C=O) groups excluding carboxylic acids is 1. The number of hydrogen-bond acceptors (Lipinski definition) is 3. The van der Waals surface area contributed by atoms with Crippen molar-refractivity contribution in [3.63, 3.8) is 0 Å². The van der Waals surface area contributed by atoms with Crippen LogP contribution in [0.4, 0.5) is 5.69 Å². The van der Waals surface area contributed by atoms with Crippen LogP contribution in [0.25, 0.3) is 0 Å². The van der Waals surface area contributed by atoms with Gasteiger partial charge in [-0.25, -0.2) is 0 Å². The molecule has 1 saturated heterocycles. The summed E-state index contributed by atoms with van der Waals surface area (Å²) in [7, 11) is 1.84. The van der Waals surface area contributed by atoms with E-state index in [1.807, 2.05) is 50.9 Å². The zero-order chi connectivity index (χ0) is 14.0. The van der Waals surface area contributed by atoms with Crippen LogP contribution in [0.1, 0.15) is 29.8 Å². The van der Waals surface area contributed by atoms with Crippen molar-refractivity contribution in [2.45, 2.75) is 26.3 Å². The minimum atomic E-state index is -0.260. The highest BCUT2D eigenvalue weighted by molar-refractivity contribution is 6.00. The van der Waals surface area contributed by atoms with Crippen LogP contribution in [0.5, 0.6) is 0 Å². The van der Waals surface area contributed by atoms with Crippen LogP contribution in [-0.2, 0) is 4.74 Å². The number of rotatable bonds is 2. The summed E-state index contributed by atoms with van der Waals surface area (Å²) in [5.41, 5.74) is 2.44. The summed E-state index contributed by atoms with van der Waals surface area (Å²) in [6.45, 7) is 7.91. The molecular weight excluding hydrogens is 240 g/mol. The van der Waals surface area contributed by atoms with Gasteiger partial charge in [-0.3, -0.25) is 4.79 Å². The van der Waals surface area contributed by atoms with Gasteiger partial charge in [0.1, 0.15) is 0 Å². The Morgan fingerprint density at radius 1 is 1.42 bits per heavy atom. The Balaban J connectivity index is 2.35. The van der Waals surface area contributed by atoms with Gasteiger partial charge >= 0.3 is 0 Å². The highest BCUT2D eigenvalue weighted by Crippen LogP contribution is 2.25. The number of nitrogens with one attached hydrogen (secondary N) is 1. The fourth-order valence-electron chi connectivity index (χ4n) is 2.43. The number of morpholine rings is 1. The van der Waals surface area contributed by atoms with Gasteiger partial charge in [0.15, 0.2) is 0 Å². The first-order valence-corrected chi connectivity index (χ1v) is 6.64. The minimum Gasteiger partial charge on any atom is -0.387 e. The highest BCUT2D eigenvalue weighted by Gasteiger charge is 2.35. The van der Waals surface area contributed by atoms with E-state index in [4.69, 9.17) is 4.74 Å². The molecular formula is C15H22N2O2. The number of aryl methyl sites for hydroxylation is 1. The summed E-state index contributed by atoms with van der Waals surface area (Å²) in [5.74, 6) is 0.0707. The molecule has 19 heavy (non-hydrogen) atoms. The lowest BCUT2D eigenvalue weighted by molar-refractivity contribution is -0.0370. The van der Waals surface area contributed by atoms with Gasteiger partial charge < -0.3 is 15.0 Å². The third-order valence-corrected chi connectivity index (χ3v) is 3.57. The molecule has 2 rings (SSSR count). The van der Waals surface area contributed by atoms with E-state index in [-0.39, 0.29) is 11.4 Å². The van der Waals surface area contributed by atoms with Crippen molar-refractivity contribution in [3.05, 3.63) is 29.3 Å². The third kappa shape index (κ3) is 2.73. The molecule has 0 saturated carbocycles. The van der Waals surface area contributed by atoms with Crippen LogP contribution in [0.2, 0.25) is 0 Å². The number of carbonyl (C=O) groups is 1. The Hall–Kier alpha value is -1.55. The number of hydrogen-bond donors (Lipinski definition) is 1. The van der Waals surface area contributed by atoms with Crippen molar-refractivity contribution < 1.29 is 9.53 Å². The second kappa shape index (κ2) is 5.21. The fourth-order valence-corrected chi connectivity index (χ4v) is 2.43. The maximum Gasteiger partial charge on any atom is 0.256 e. The summed E-state index contributed by atoms with van der Waals surface area (Å²) in [6, 6.07) is 5.91. The SMILES string of the molecule is CNc1ccc(C)cc1C(=O)N1CCOCC1(C)C. The van der Waals surface area contributed by atoms with Gasteiger partial charge in [0.25, 0.3) is 5.91 Å². The minimum absolute atomic E-state index is 0.0707. The van der Waals surface area contributed by atoms with Gasteiger partial charge in [-0.05, 0) is 32.9 Å². The highest BCUT2D eigenvalue weighted by atomic mass is 16.5. The zero-order valence-electron chi connectivity index (χ0n) is 12.1. The van der Waals surface area contributed by atoms with E-state index in [2.05, 4.69) is 5.32 Å². The molecule has 1 aromatic carbocycles. The average Bonchev–Trinajstić information content (AvgIpc) is 2.37. The van der Waals surface area contributed by atoms with E-state index in [1.54, 1.807) is 0 Å². The normalized spacial score (nSPS) is 18.2. The molecule has 0 aliphatic carbocycles. The summed E-state index contributed by atoms with van der Waals surface area (Å²) in [5, 5.41) is 3.09. The van der Waals surface area contributed by atoms with Crippen molar-refractivity contribution in [1.82, 2.24) is 4.90 Å². The molecule has 104 valence electrons. The second-order valence-electron chi connectivity index (χ2n) is 5.62. The van der Waals surface area contributed by atoms with E-state index >= 15 is 0 Å². The lowest BCUT2D eigenvalue weighted by Gasteiger charge is -2.42. The standard InChI is InChI=1S/C15H22N2O2/c1-11-5-6-13(16-4)12(9-11)14(18)17-7-8-19-10-15(17,2)3/h5-6,9,16H,7-8,10H2,1-4H3. The van der Waals surface area contributed by atoms with Crippen LogP contribution in [0, 0.1) is 6.92 Å². The van der Waals surface area contributed by atoms with Crippen molar-refractivity contribution in [1.29, 1.82) is 0 Å². The molecule has 0 unspecified atom stereocenters. The van der Waals surface area contributed by atoms with Gasteiger partial charge in [-0.2, -0.15) is 0 Å². The predicted molar refractivity (Wildman–Crippen MR) is 76.7 cm³/mol. The largest absolute Gasteiger partial charge is 0.387 e. The topological polar surface area (TPSA) is 41.6 Å². The van der Waals surface area contributed by atoms with Crippen LogP contribution in [-0.4, -0.2) is 43.2 Å². The number of benzene rings is 1. The molecule has 1 N–H and O–H groups in total. The first-order valence-electron chi connectivity index (χ1n) is 6.64. The number of nitrogens with zero attached hydrogens (tertiary/aromatic N) is 1. The van der Waals surface area contributed by atoms with Gasteiger partial charge in [0.2, 0.25) is 0 Å². The molecule has 1 amide bonds. The van der Waals surface area contributed by atoms with Crippen molar-refractivity contribution in [2.24, 2.45) is 0 Å². The lowest BCUT2D eigenvalue weighted by Crippen LogP contribution is -2.55. The quantitative estimate of drug-likeness (QED) is 0.889. The predicted octanol–water partition coefficient (Wildman–Crippen LogP) is 2.29.